The molecule has 2 rings (SSSR count). The van der Waals surface area contributed by atoms with Crippen LogP contribution in [-0.4, -0.2) is 13.7 Å². The van der Waals surface area contributed by atoms with Crippen LogP contribution in [0.4, 0.5) is 0 Å². The van der Waals surface area contributed by atoms with Crippen LogP contribution in [0.1, 0.15) is 42.9 Å². The summed E-state index contributed by atoms with van der Waals surface area (Å²) >= 11 is 6.44. The Morgan fingerprint density at radius 1 is 1.04 bits per heavy atom. The summed E-state index contributed by atoms with van der Waals surface area (Å²) in [4.78, 5) is 0. The number of ether oxygens (including phenoxy) is 2. The van der Waals surface area contributed by atoms with Gasteiger partial charge < -0.3 is 14.8 Å². The van der Waals surface area contributed by atoms with Gasteiger partial charge in [-0.05, 0) is 42.6 Å². The van der Waals surface area contributed by atoms with Gasteiger partial charge >= 0.3 is 0 Å². The van der Waals surface area contributed by atoms with Gasteiger partial charge in [-0.2, -0.15) is 0 Å². The standard InChI is InChI=1S/C21H28ClNO2/c1-4-5-8-11-23-14-18-12-20(24-3)21(13-19(18)22)25-15-17-10-7-6-9-16(17)2/h6-7,9-10,12-13,23H,4-5,8,11,14-15H2,1-3H3. The zero-order valence-electron chi connectivity index (χ0n) is 15.4. The van der Waals surface area contributed by atoms with Crippen molar-refractivity contribution in [3.05, 3.63) is 58.1 Å². The number of benzene rings is 2. The SMILES string of the molecule is CCCCCNCc1cc(OC)c(OCc2ccccc2C)cc1Cl. The molecule has 3 nitrogen and oxygen atoms in total. The first-order valence-corrected chi connectivity index (χ1v) is 9.28. The summed E-state index contributed by atoms with van der Waals surface area (Å²) < 4.78 is 11.5. The van der Waals surface area contributed by atoms with Crippen LogP contribution >= 0.6 is 11.6 Å². The molecule has 136 valence electrons. The number of halogens is 1. The lowest BCUT2D eigenvalue weighted by Crippen LogP contribution is -2.15. The molecule has 0 amide bonds. The molecule has 25 heavy (non-hydrogen) atoms. The third kappa shape index (κ3) is 5.94. The highest BCUT2D eigenvalue weighted by atomic mass is 35.5. The number of rotatable bonds is 10. The molecule has 0 heterocycles. The van der Waals surface area contributed by atoms with Gasteiger partial charge in [0.05, 0.1) is 7.11 Å². The van der Waals surface area contributed by atoms with Crippen molar-refractivity contribution in [1.82, 2.24) is 5.32 Å². The average Bonchev–Trinajstić information content (AvgIpc) is 2.62. The summed E-state index contributed by atoms with van der Waals surface area (Å²) in [6.07, 6.45) is 3.65. The smallest absolute Gasteiger partial charge is 0.163 e. The van der Waals surface area contributed by atoms with Crippen LogP contribution in [0.25, 0.3) is 0 Å². The Bertz CT molecular complexity index is 673. The van der Waals surface area contributed by atoms with Crippen molar-refractivity contribution >= 4 is 11.6 Å². The summed E-state index contributed by atoms with van der Waals surface area (Å²) in [5, 5.41) is 4.13. The summed E-state index contributed by atoms with van der Waals surface area (Å²) in [7, 11) is 1.66. The Labute approximate surface area is 156 Å². The predicted octanol–water partition coefficient (Wildman–Crippen LogP) is 5.52. The molecule has 0 aliphatic rings. The van der Waals surface area contributed by atoms with E-state index in [9.17, 15) is 0 Å². The fourth-order valence-corrected chi connectivity index (χ4v) is 2.86. The van der Waals surface area contributed by atoms with Gasteiger partial charge in [0.25, 0.3) is 0 Å². The minimum absolute atomic E-state index is 0.494. The van der Waals surface area contributed by atoms with Gasteiger partial charge in [0, 0.05) is 17.6 Å². The molecule has 0 aliphatic carbocycles. The van der Waals surface area contributed by atoms with E-state index < -0.39 is 0 Å². The van der Waals surface area contributed by atoms with Gasteiger partial charge in [-0.15, -0.1) is 0 Å². The molecule has 0 aliphatic heterocycles. The molecule has 2 aromatic carbocycles. The van der Waals surface area contributed by atoms with Gasteiger partial charge in [-0.25, -0.2) is 0 Å². The molecular weight excluding hydrogens is 334 g/mol. The van der Waals surface area contributed by atoms with Crippen molar-refractivity contribution in [2.24, 2.45) is 0 Å². The second-order valence-electron chi connectivity index (χ2n) is 6.19. The van der Waals surface area contributed by atoms with Gasteiger partial charge in [-0.3, -0.25) is 0 Å². The lowest BCUT2D eigenvalue weighted by Gasteiger charge is -2.15. The molecule has 1 N–H and O–H groups in total. The highest BCUT2D eigenvalue weighted by Gasteiger charge is 2.11. The fourth-order valence-electron chi connectivity index (χ4n) is 2.64. The number of aryl methyl sites for hydroxylation is 1. The first kappa shape index (κ1) is 19.6. The topological polar surface area (TPSA) is 30.5 Å². The molecule has 0 unspecified atom stereocenters. The van der Waals surface area contributed by atoms with Gasteiger partial charge in [-0.1, -0.05) is 55.6 Å². The van der Waals surface area contributed by atoms with Crippen LogP contribution < -0.4 is 14.8 Å². The lowest BCUT2D eigenvalue weighted by molar-refractivity contribution is 0.283. The molecule has 0 fully saturated rings. The number of hydrogen-bond donors (Lipinski definition) is 1. The third-order valence-corrected chi connectivity index (χ3v) is 4.60. The van der Waals surface area contributed by atoms with E-state index in [1.54, 1.807) is 7.11 Å². The highest BCUT2D eigenvalue weighted by Crippen LogP contribution is 2.34. The second kappa shape index (κ2) is 10.3. The summed E-state index contributed by atoms with van der Waals surface area (Å²) in [6, 6.07) is 12.0. The molecule has 2 aromatic rings. The monoisotopic (exact) mass is 361 g/mol. The maximum absolute atomic E-state index is 6.44. The Morgan fingerprint density at radius 3 is 2.56 bits per heavy atom. The van der Waals surface area contributed by atoms with Crippen LogP contribution in [0, 0.1) is 6.92 Å². The molecule has 4 heteroatoms. The quantitative estimate of drug-likeness (QED) is 0.565. The summed E-state index contributed by atoms with van der Waals surface area (Å²) in [6.45, 7) is 6.51. The molecule has 0 saturated heterocycles. The Morgan fingerprint density at radius 2 is 1.84 bits per heavy atom. The summed E-state index contributed by atoms with van der Waals surface area (Å²) in [5.74, 6) is 1.38. The first-order chi connectivity index (χ1) is 12.2. The van der Waals surface area contributed by atoms with E-state index >= 15 is 0 Å². The van der Waals surface area contributed by atoms with E-state index in [4.69, 9.17) is 21.1 Å². The first-order valence-electron chi connectivity index (χ1n) is 8.90. The maximum atomic E-state index is 6.44. The van der Waals surface area contributed by atoms with E-state index in [1.165, 1.54) is 24.8 Å². The zero-order chi connectivity index (χ0) is 18.1. The minimum atomic E-state index is 0.494. The molecule has 0 aromatic heterocycles. The summed E-state index contributed by atoms with van der Waals surface area (Å²) in [5.41, 5.74) is 3.39. The zero-order valence-corrected chi connectivity index (χ0v) is 16.2. The molecular formula is C21H28ClNO2. The van der Waals surface area contributed by atoms with Crippen molar-refractivity contribution in [3.8, 4) is 11.5 Å². The second-order valence-corrected chi connectivity index (χ2v) is 6.60. The van der Waals surface area contributed by atoms with E-state index in [-0.39, 0.29) is 0 Å². The molecule has 0 saturated carbocycles. The minimum Gasteiger partial charge on any atom is -0.493 e. The van der Waals surface area contributed by atoms with Crippen molar-refractivity contribution in [2.75, 3.05) is 13.7 Å². The van der Waals surface area contributed by atoms with E-state index in [0.717, 1.165) is 24.2 Å². The van der Waals surface area contributed by atoms with Crippen molar-refractivity contribution in [3.63, 3.8) is 0 Å². The molecule has 0 atom stereocenters. The number of unbranched alkanes of at least 4 members (excludes halogenated alkanes) is 2. The number of methoxy groups -OCH3 is 1. The van der Waals surface area contributed by atoms with Gasteiger partial charge in [0.1, 0.15) is 6.61 Å². The highest BCUT2D eigenvalue weighted by molar-refractivity contribution is 6.31. The normalized spacial score (nSPS) is 10.7. The lowest BCUT2D eigenvalue weighted by atomic mass is 10.1. The Balaban J connectivity index is 2.01. The van der Waals surface area contributed by atoms with Crippen LogP contribution in [0.3, 0.4) is 0 Å². The van der Waals surface area contributed by atoms with Crippen LogP contribution in [0.2, 0.25) is 5.02 Å². The van der Waals surface area contributed by atoms with E-state index in [0.29, 0.717) is 23.1 Å². The number of nitrogens with one attached hydrogen (secondary N) is 1. The Hall–Kier alpha value is -1.71. The van der Waals surface area contributed by atoms with Crippen molar-refractivity contribution < 1.29 is 9.47 Å². The van der Waals surface area contributed by atoms with E-state index in [2.05, 4.69) is 31.3 Å². The molecule has 0 radical (unpaired) electrons. The van der Waals surface area contributed by atoms with Gasteiger partial charge in [0.2, 0.25) is 0 Å². The van der Waals surface area contributed by atoms with Crippen LogP contribution in [0.15, 0.2) is 36.4 Å². The fraction of sp³-hybridized carbons (Fsp3) is 0.429. The molecule has 0 bridgehead atoms. The Kier molecular flexibility index (Phi) is 8.10. The van der Waals surface area contributed by atoms with Crippen molar-refractivity contribution in [1.29, 1.82) is 0 Å². The van der Waals surface area contributed by atoms with E-state index in [1.807, 2.05) is 24.3 Å². The van der Waals surface area contributed by atoms with Crippen molar-refractivity contribution in [2.45, 2.75) is 46.3 Å². The largest absolute Gasteiger partial charge is 0.493 e. The maximum Gasteiger partial charge on any atom is 0.163 e. The average molecular weight is 362 g/mol. The van der Waals surface area contributed by atoms with Crippen LogP contribution in [-0.2, 0) is 13.2 Å². The number of hydrogen-bond acceptors (Lipinski definition) is 3. The third-order valence-electron chi connectivity index (χ3n) is 4.25. The van der Waals surface area contributed by atoms with Gasteiger partial charge in [0.15, 0.2) is 11.5 Å². The molecule has 0 spiro atoms. The van der Waals surface area contributed by atoms with Crippen LogP contribution in [0.5, 0.6) is 11.5 Å². The predicted molar refractivity (Wildman–Crippen MR) is 105 cm³/mol.